The first-order chi connectivity index (χ1) is 6.33. The van der Waals surface area contributed by atoms with E-state index >= 15 is 0 Å². The van der Waals surface area contributed by atoms with Gasteiger partial charge in [-0.15, -0.1) is 0 Å². The van der Waals surface area contributed by atoms with Crippen molar-refractivity contribution in [2.75, 3.05) is 5.73 Å². The summed E-state index contributed by atoms with van der Waals surface area (Å²) < 4.78 is 1.53. The third-order valence-electron chi connectivity index (χ3n) is 2.40. The van der Waals surface area contributed by atoms with Gasteiger partial charge in [0.15, 0.2) is 0 Å². The Morgan fingerprint density at radius 3 is 2.14 bits per heavy atom. The van der Waals surface area contributed by atoms with Gasteiger partial charge in [-0.05, 0) is 30.2 Å². The van der Waals surface area contributed by atoms with Crippen molar-refractivity contribution in [3.8, 4) is 0 Å². The average molecular weight is 227 g/mol. The van der Waals surface area contributed by atoms with Crippen LogP contribution >= 0.6 is 24.4 Å². The summed E-state index contributed by atoms with van der Waals surface area (Å²) in [6, 6.07) is 0. The zero-order chi connectivity index (χ0) is 10.9. The lowest BCUT2D eigenvalue weighted by molar-refractivity contribution is 0.365. The molecule has 2 N–H and O–H groups in total. The van der Waals surface area contributed by atoms with Gasteiger partial charge in [0.2, 0.25) is 0 Å². The molecular formula is C11H17NS2. The van der Waals surface area contributed by atoms with E-state index in [0.717, 1.165) is 28.6 Å². The zero-order valence-corrected chi connectivity index (χ0v) is 10.6. The number of anilines is 1. The topological polar surface area (TPSA) is 26.0 Å². The van der Waals surface area contributed by atoms with Gasteiger partial charge in [-0.2, -0.15) is 0 Å². The first kappa shape index (κ1) is 11.8. The van der Waals surface area contributed by atoms with E-state index in [1.165, 1.54) is 6.42 Å². The van der Waals surface area contributed by atoms with Gasteiger partial charge in [0, 0.05) is 0 Å². The van der Waals surface area contributed by atoms with Crippen molar-refractivity contribution in [1.29, 1.82) is 0 Å². The minimum absolute atomic E-state index is 0.390. The van der Waals surface area contributed by atoms with E-state index < -0.39 is 0 Å². The fraction of sp³-hybridized carbons (Fsp3) is 0.636. The van der Waals surface area contributed by atoms with Gasteiger partial charge in [-0.3, -0.25) is 0 Å². The Labute approximate surface area is 96.0 Å². The Morgan fingerprint density at radius 2 is 1.71 bits per heavy atom. The zero-order valence-electron chi connectivity index (χ0n) is 9.02. The Kier molecular flexibility index (Phi) is 3.43. The molecule has 78 valence electrons. The van der Waals surface area contributed by atoms with E-state index in [2.05, 4.69) is 20.8 Å². The van der Waals surface area contributed by atoms with Crippen LogP contribution in [0.2, 0.25) is 0 Å². The molecule has 0 aliphatic heterocycles. The third kappa shape index (κ3) is 2.61. The highest BCUT2D eigenvalue weighted by molar-refractivity contribution is 7.74. The minimum Gasteiger partial charge on any atom is -0.397 e. The molecule has 0 aromatic heterocycles. The molecule has 1 rings (SSSR count). The molecule has 1 nitrogen and oxygen atoms in total. The van der Waals surface area contributed by atoms with Crippen molar-refractivity contribution >= 4 is 30.1 Å². The number of hydrogen-bond acceptors (Lipinski definition) is 3. The molecule has 0 heterocycles. The lowest BCUT2D eigenvalue weighted by Gasteiger charge is -2.18. The summed E-state index contributed by atoms with van der Waals surface area (Å²) in [6.07, 6.45) is 3.32. The fourth-order valence-corrected chi connectivity index (χ4v) is 2.07. The number of nitrogen functional groups attached to an aromatic ring is 1. The summed E-state index contributed by atoms with van der Waals surface area (Å²) in [6.45, 7) is 6.73. The van der Waals surface area contributed by atoms with Crippen molar-refractivity contribution in [3.63, 3.8) is 0 Å². The molecule has 14 heavy (non-hydrogen) atoms. The van der Waals surface area contributed by atoms with Crippen LogP contribution in [0.5, 0.6) is 0 Å². The molecule has 0 bridgehead atoms. The molecule has 0 fully saturated rings. The van der Waals surface area contributed by atoms with Crippen molar-refractivity contribution in [2.24, 2.45) is 5.41 Å². The second-order valence-corrected chi connectivity index (χ2v) is 5.78. The predicted octanol–water partition coefficient (Wildman–Crippen LogP) is 3.97. The molecule has 0 saturated heterocycles. The highest BCUT2D eigenvalue weighted by Gasteiger charge is 2.13. The largest absolute Gasteiger partial charge is 0.397 e. The Bertz CT molecular complexity index is 392. The van der Waals surface area contributed by atoms with Crippen LogP contribution in [0.15, 0.2) is 0 Å². The predicted molar refractivity (Wildman–Crippen MR) is 67.3 cm³/mol. The van der Waals surface area contributed by atoms with Gasteiger partial charge in [-0.25, -0.2) is 0 Å². The molecule has 0 aliphatic rings. The van der Waals surface area contributed by atoms with Crippen LogP contribution in [0.3, 0.4) is 0 Å². The Hall–Kier alpha value is -0.280. The van der Waals surface area contributed by atoms with Gasteiger partial charge in [-0.1, -0.05) is 45.2 Å². The van der Waals surface area contributed by atoms with Crippen molar-refractivity contribution in [2.45, 2.75) is 40.0 Å². The fourth-order valence-electron chi connectivity index (χ4n) is 1.50. The van der Waals surface area contributed by atoms with Crippen LogP contribution in [-0.4, -0.2) is 0 Å². The van der Waals surface area contributed by atoms with Crippen LogP contribution < -0.4 is 5.73 Å². The van der Waals surface area contributed by atoms with Crippen LogP contribution in [0.4, 0.5) is 5.69 Å². The standard InChI is InChI=1S/C11H17NS2/c1-11(2,3)6-4-5-7-8(12)10(14)9(7)13/h4-6,12H2,1-3H3. The van der Waals surface area contributed by atoms with E-state index in [-0.39, 0.29) is 0 Å². The quantitative estimate of drug-likeness (QED) is 0.791. The summed E-state index contributed by atoms with van der Waals surface area (Å²) in [4.78, 5) is 0. The summed E-state index contributed by atoms with van der Waals surface area (Å²) in [5.41, 5.74) is 8.03. The van der Waals surface area contributed by atoms with E-state index in [1.54, 1.807) is 0 Å². The van der Waals surface area contributed by atoms with Crippen molar-refractivity contribution in [3.05, 3.63) is 14.6 Å². The van der Waals surface area contributed by atoms with Gasteiger partial charge in [0.1, 0.15) is 0 Å². The summed E-state index contributed by atoms with van der Waals surface area (Å²) >= 11 is 10.1. The lowest BCUT2D eigenvalue weighted by Crippen LogP contribution is -2.07. The number of rotatable bonds is 3. The summed E-state index contributed by atoms with van der Waals surface area (Å²) in [5.74, 6) is 0. The van der Waals surface area contributed by atoms with E-state index in [9.17, 15) is 0 Å². The normalized spacial score (nSPS) is 12.2. The SMILES string of the molecule is CC(C)(C)CCCc1c(N)c(=S)c1=S. The van der Waals surface area contributed by atoms with Crippen LogP contribution in [-0.2, 0) is 6.42 Å². The first-order valence-corrected chi connectivity index (χ1v) is 5.72. The average Bonchev–Trinajstić information content (AvgIpc) is 2.09. The lowest BCUT2D eigenvalue weighted by atomic mass is 9.88. The molecule has 3 heteroatoms. The maximum Gasteiger partial charge on any atom is 0.0793 e. The third-order valence-corrected chi connectivity index (χ3v) is 3.41. The molecule has 0 spiro atoms. The van der Waals surface area contributed by atoms with E-state index in [0.29, 0.717) is 9.93 Å². The highest BCUT2D eigenvalue weighted by atomic mass is 32.1. The second kappa shape index (κ2) is 4.07. The molecule has 0 radical (unpaired) electrons. The highest BCUT2D eigenvalue weighted by Crippen LogP contribution is 2.27. The molecule has 0 unspecified atom stereocenters. The van der Waals surface area contributed by atoms with Gasteiger partial charge >= 0.3 is 0 Å². The summed E-state index contributed by atoms with van der Waals surface area (Å²) in [7, 11) is 0. The molecular weight excluding hydrogens is 210 g/mol. The molecule has 0 aliphatic carbocycles. The Morgan fingerprint density at radius 1 is 1.14 bits per heavy atom. The van der Waals surface area contributed by atoms with E-state index in [4.69, 9.17) is 30.2 Å². The molecule has 1 aromatic rings. The van der Waals surface area contributed by atoms with Crippen LogP contribution in [0.25, 0.3) is 0 Å². The van der Waals surface area contributed by atoms with E-state index in [1.807, 2.05) is 0 Å². The summed E-state index contributed by atoms with van der Waals surface area (Å²) in [5, 5.41) is 0. The monoisotopic (exact) mass is 227 g/mol. The molecule has 0 amide bonds. The Balaban J connectivity index is 2.49. The number of nitrogens with two attached hydrogens (primary N) is 1. The van der Waals surface area contributed by atoms with Crippen molar-refractivity contribution < 1.29 is 0 Å². The minimum atomic E-state index is 0.390. The van der Waals surface area contributed by atoms with Gasteiger partial charge in [0.25, 0.3) is 0 Å². The molecule has 1 aromatic carbocycles. The van der Waals surface area contributed by atoms with Crippen LogP contribution in [0, 0.1) is 14.4 Å². The van der Waals surface area contributed by atoms with Gasteiger partial charge < -0.3 is 5.73 Å². The van der Waals surface area contributed by atoms with Gasteiger partial charge in [0.05, 0.1) is 14.7 Å². The smallest absolute Gasteiger partial charge is 0.0793 e. The molecule has 0 saturated carbocycles. The van der Waals surface area contributed by atoms with Crippen LogP contribution in [0.1, 0.15) is 39.2 Å². The number of hydrogen-bond donors (Lipinski definition) is 1. The maximum absolute atomic E-state index is 5.76. The van der Waals surface area contributed by atoms with Crippen molar-refractivity contribution in [1.82, 2.24) is 0 Å². The maximum atomic E-state index is 5.76. The first-order valence-electron chi connectivity index (χ1n) is 4.90. The second-order valence-electron chi connectivity index (χ2n) is 4.96. The molecule has 0 atom stereocenters.